The minimum atomic E-state index is -4.69. The second kappa shape index (κ2) is 4.98. The highest BCUT2D eigenvalue weighted by atomic mass is 19.4. The Kier molecular flexibility index (Phi) is 3.89. The van der Waals surface area contributed by atoms with E-state index in [1.807, 2.05) is 0 Å². The Morgan fingerprint density at radius 3 is 2.31 bits per heavy atom. The van der Waals surface area contributed by atoms with E-state index >= 15 is 0 Å². The van der Waals surface area contributed by atoms with Crippen LogP contribution >= 0.6 is 0 Å². The molecule has 6 heteroatoms. The summed E-state index contributed by atoms with van der Waals surface area (Å²) in [7, 11) is 0. The second-order valence-electron chi connectivity index (χ2n) is 3.06. The van der Waals surface area contributed by atoms with Crippen molar-refractivity contribution in [2.24, 2.45) is 0 Å². The van der Waals surface area contributed by atoms with Crippen molar-refractivity contribution in [1.82, 2.24) is 0 Å². The number of carbonyl (C=O) groups excluding carboxylic acids is 1. The predicted molar refractivity (Wildman–Crippen MR) is 49.4 cm³/mol. The first-order valence-electron chi connectivity index (χ1n) is 4.36. The van der Waals surface area contributed by atoms with Gasteiger partial charge in [0.05, 0.1) is 0 Å². The smallest absolute Gasteiger partial charge is 0.417 e. The van der Waals surface area contributed by atoms with Gasteiger partial charge in [-0.2, -0.15) is 13.2 Å². The summed E-state index contributed by atoms with van der Waals surface area (Å²) in [5.41, 5.74) is 0.392. The van der Waals surface area contributed by atoms with E-state index in [1.54, 1.807) is 0 Å². The molecule has 0 aliphatic heterocycles. The second-order valence-corrected chi connectivity index (χ2v) is 3.06. The Balaban J connectivity index is 2.51. The highest BCUT2D eigenvalue weighted by Gasteiger charge is 2.38. The minimum absolute atomic E-state index is 0.161. The third-order valence-electron chi connectivity index (χ3n) is 1.80. The number of ether oxygens (including phenoxy) is 1. The number of halogens is 3. The van der Waals surface area contributed by atoms with E-state index < -0.39 is 18.9 Å². The van der Waals surface area contributed by atoms with Crippen molar-refractivity contribution < 1.29 is 27.8 Å². The van der Waals surface area contributed by atoms with E-state index in [2.05, 4.69) is 0 Å². The van der Waals surface area contributed by atoms with Crippen LogP contribution in [0.15, 0.2) is 24.3 Å². The summed E-state index contributed by atoms with van der Waals surface area (Å²) in [4.78, 5) is 10.3. The zero-order valence-corrected chi connectivity index (χ0v) is 8.07. The molecule has 1 atom stereocenters. The lowest BCUT2D eigenvalue weighted by Crippen LogP contribution is -2.34. The average Bonchev–Trinajstić information content (AvgIpc) is 2.25. The lowest BCUT2D eigenvalue weighted by Gasteiger charge is -2.15. The van der Waals surface area contributed by atoms with Crippen molar-refractivity contribution in [3.8, 4) is 5.75 Å². The Morgan fingerprint density at radius 1 is 1.31 bits per heavy atom. The van der Waals surface area contributed by atoms with E-state index in [9.17, 15) is 18.0 Å². The van der Waals surface area contributed by atoms with Gasteiger partial charge in [-0.05, 0) is 24.3 Å². The van der Waals surface area contributed by atoms with Crippen LogP contribution in [0.3, 0.4) is 0 Å². The molecule has 0 aliphatic rings. The number of benzene rings is 1. The molecule has 0 radical (unpaired) electrons. The summed E-state index contributed by atoms with van der Waals surface area (Å²) in [5.74, 6) is 0.161. The van der Waals surface area contributed by atoms with Crippen LogP contribution in [0.5, 0.6) is 5.75 Å². The van der Waals surface area contributed by atoms with Crippen LogP contribution in [-0.4, -0.2) is 30.3 Å². The first kappa shape index (κ1) is 12.5. The number of aliphatic hydroxyl groups is 1. The molecule has 1 N–H and O–H groups in total. The fourth-order valence-corrected chi connectivity index (χ4v) is 0.912. The molecule has 1 aromatic rings. The van der Waals surface area contributed by atoms with Crippen molar-refractivity contribution in [2.45, 2.75) is 12.3 Å². The zero-order valence-electron chi connectivity index (χ0n) is 8.07. The summed E-state index contributed by atoms with van der Waals surface area (Å²) in [6.45, 7) is -0.871. The minimum Gasteiger partial charge on any atom is -0.491 e. The lowest BCUT2D eigenvalue weighted by atomic mass is 10.2. The lowest BCUT2D eigenvalue weighted by molar-refractivity contribution is -0.210. The van der Waals surface area contributed by atoms with Crippen LogP contribution in [0.4, 0.5) is 13.2 Å². The Hall–Kier alpha value is -1.56. The van der Waals surface area contributed by atoms with Gasteiger partial charge in [-0.25, -0.2) is 0 Å². The number of aldehydes is 1. The SMILES string of the molecule is O=Cc1ccc(OCC(O)C(F)(F)F)cc1. The fraction of sp³-hybridized carbons (Fsp3) is 0.300. The van der Waals surface area contributed by atoms with Crippen LogP contribution in [-0.2, 0) is 0 Å². The summed E-state index contributed by atoms with van der Waals surface area (Å²) >= 11 is 0. The van der Waals surface area contributed by atoms with Crippen molar-refractivity contribution in [2.75, 3.05) is 6.61 Å². The van der Waals surface area contributed by atoms with Gasteiger partial charge in [0.25, 0.3) is 0 Å². The third-order valence-corrected chi connectivity index (χ3v) is 1.80. The number of alkyl halides is 3. The number of aliphatic hydroxyl groups excluding tert-OH is 1. The van der Waals surface area contributed by atoms with Gasteiger partial charge in [0.1, 0.15) is 18.6 Å². The van der Waals surface area contributed by atoms with Crippen molar-refractivity contribution in [1.29, 1.82) is 0 Å². The Bertz CT molecular complexity index is 345. The summed E-state index contributed by atoms with van der Waals surface area (Å²) < 4.78 is 40.4. The van der Waals surface area contributed by atoms with Crippen LogP contribution in [0.2, 0.25) is 0 Å². The summed E-state index contributed by atoms with van der Waals surface area (Å²) in [5, 5.41) is 8.64. The van der Waals surface area contributed by atoms with Crippen LogP contribution < -0.4 is 4.74 Å². The largest absolute Gasteiger partial charge is 0.491 e. The molecule has 0 saturated heterocycles. The molecule has 0 aromatic heterocycles. The normalized spacial score (nSPS) is 13.2. The standard InChI is InChI=1S/C10H9F3O3/c11-10(12,13)9(15)6-16-8-3-1-7(5-14)2-4-8/h1-5,9,15H,6H2. The predicted octanol–water partition coefficient (Wildman–Crippen LogP) is 1.80. The molecule has 3 nitrogen and oxygen atoms in total. The summed E-state index contributed by atoms with van der Waals surface area (Å²) in [6, 6.07) is 5.52. The molecule has 1 unspecified atom stereocenters. The third kappa shape index (κ3) is 3.54. The molecular formula is C10H9F3O3. The molecule has 0 saturated carbocycles. The van der Waals surface area contributed by atoms with Crippen molar-refractivity contribution >= 4 is 6.29 Å². The van der Waals surface area contributed by atoms with Gasteiger partial charge < -0.3 is 9.84 Å². The topological polar surface area (TPSA) is 46.5 Å². The van der Waals surface area contributed by atoms with Crippen molar-refractivity contribution in [3.05, 3.63) is 29.8 Å². The molecule has 0 heterocycles. The molecule has 88 valence electrons. The van der Waals surface area contributed by atoms with Gasteiger partial charge >= 0.3 is 6.18 Å². The number of hydrogen-bond donors (Lipinski definition) is 1. The number of hydrogen-bond acceptors (Lipinski definition) is 3. The number of carbonyl (C=O) groups is 1. The maximum absolute atomic E-state index is 11.9. The van der Waals surface area contributed by atoms with E-state index in [0.29, 0.717) is 11.8 Å². The van der Waals surface area contributed by atoms with Crippen LogP contribution in [0, 0.1) is 0 Å². The van der Waals surface area contributed by atoms with Gasteiger partial charge in [-0.1, -0.05) is 0 Å². The molecule has 1 aromatic carbocycles. The van der Waals surface area contributed by atoms with Gasteiger partial charge in [-0.3, -0.25) is 4.79 Å². The summed E-state index contributed by atoms with van der Waals surface area (Å²) in [6.07, 6.45) is -6.60. The maximum Gasteiger partial charge on any atom is 0.417 e. The molecule has 0 spiro atoms. The maximum atomic E-state index is 11.9. The Labute approximate surface area is 89.5 Å². The molecule has 0 aliphatic carbocycles. The van der Waals surface area contributed by atoms with E-state index in [4.69, 9.17) is 9.84 Å². The van der Waals surface area contributed by atoms with Crippen molar-refractivity contribution in [3.63, 3.8) is 0 Å². The molecule has 0 bridgehead atoms. The molecular weight excluding hydrogens is 225 g/mol. The van der Waals surface area contributed by atoms with E-state index in [1.165, 1.54) is 24.3 Å². The van der Waals surface area contributed by atoms with E-state index in [0.717, 1.165) is 0 Å². The number of rotatable bonds is 4. The first-order valence-corrected chi connectivity index (χ1v) is 4.36. The monoisotopic (exact) mass is 234 g/mol. The average molecular weight is 234 g/mol. The molecule has 1 rings (SSSR count). The van der Waals surface area contributed by atoms with Gasteiger partial charge in [0.2, 0.25) is 0 Å². The quantitative estimate of drug-likeness (QED) is 0.808. The van der Waals surface area contributed by atoms with E-state index in [-0.39, 0.29) is 5.75 Å². The fourth-order valence-electron chi connectivity index (χ4n) is 0.912. The highest BCUT2D eigenvalue weighted by Crippen LogP contribution is 2.21. The Morgan fingerprint density at radius 2 is 1.88 bits per heavy atom. The molecule has 0 fully saturated rings. The molecule has 16 heavy (non-hydrogen) atoms. The van der Waals surface area contributed by atoms with Crippen LogP contribution in [0.25, 0.3) is 0 Å². The molecule has 0 amide bonds. The first-order chi connectivity index (χ1) is 7.43. The van der Waals surface area contributed by atoms with Gasteiger partial charge in [-0.15, -0.1) is 0 Å². The van der Waals surface area contributed by atoms with Crippen LogP contribution in [0.1, 0.15) is 10.4 Å². The van der Waals surface area contributed by atoms with Gasteiger partial charge in [0, 0.05) is 5.56 Å². The zero-order chi connectivity index (χ0) is 12.2. The highest BCUT2D eigenvalue weighted by molar-refractivity contribution is 5.74. The van der Waals surface area contributed by atoms with Gasteiger partial charge in [0.15, 0.2) is 6.10 Å².